The number of para-hydroxylation sites is 1. The van der Waals surface area contributed by atoms with Gasteiger partial charge < -0.3 is 5.32 Å². The molecule has 4 heteroatoms. The van der Waals surface area contributed by atoms with Crippen molar-refractivity contribution in [3.63, 3.8) is 0 Å². The van der Waals surface area contributed by atoms with Crippen LogP contribution >= 0.6 is 12.2 Å². The van der Waals surface area contributed by atoms with E-state index in [1.807, 2.05) is 30.3 Å². The van der Waals surface area contributed by atoms with E-state index >= 15 is 0 Å². The first-order chi connectivity index (χ1) is 8.15. The first-order valence-corrected chi connectivity index (χ1v) is 6.25. The Balaban J connectivity index is 2.26. The fourth-order valence-electron chi connectivity index (χ4n) is 1.94. The van der Waals surface area contributed by atoms with Crippen LogP contribution in [0.1, 0.15) is 20.3 Å². The highest BCUT2D eigenvalue weighted by Gasteiger charge is 2.38. The van der Waals surface area contributed by atoms with E-state index in [4.69, 9.17) is 12.2 Å². The zero-order chi connectivity index (χ0) is 12.4. The quantitative estimate of drug-likeness (QED) is 0.833. The van der Waals surface area contributed by atoms with Gasteiger partial charge in [0.25, 0.3) is 5.91 Å². The molecule has 2 rings (SSSR count). The predicted octanol–water partition coefficient (Wildman–Crippen LogP) is 2.32. The summed E-state index contributed by atoms with van der Waals surface area (Å²) >= 11 is 5.24. The molecule has 0 spiro atoms. The van der Waals surface area contributed by atoms with E-state index < -0.39 is 0 Å². The fourth-order valence-corrected chi connectivity index (χ4v) is 2.26. The highest BCUT2D eigenvalue weighted by atomic mass is 32.1. The standard InChI is InChI=1S/C13H16N2OS/c1-3-9(2)11-12(16)15(13(17)14-11)10-7-5-4-6-8-10/h4-9,11H,3H2,1-2H3,(H,14,17)/t9-,11+/m1/s1. The lowest BCUT2D eigenvalue weighted by molar-refractivity contribution is -0.119. The third kappa shape index (κ3) is 2.17. The van der Waals surface area contributed by atoms with Crippen LogP contribution in [0, 0.1) is 5.92 Å². The van der Waals surface area contributed by atoms with Crippen molar-refractivity contribution >= 4 is 28.9 Å². The van der Waals surface area contributed by atoms with E-state index in [2.05, 4.69) is 19.2 Å². The molecule has 0 radical (unpaired) electrons. The van der Waals surface area contributed by atoms with Gasteiger partial charge in [-0.05, 0) is 30.3 Å². The molecular weight excluding hydrogens is 232 g/mol. The van der Waals surface area contributed by atoms with Gasteiger partial charge in [-0.1, -0.05) is 38.5 Å². The van der Waals surface area contributed by atoms with Crippen molar-refractivity contribution in [3.05, 3.63) is 30.3 Å². The molecule has 1 aliphatic rings. The molecule has 0 bridgehead atoms. The number of nitrogens with one attached hydrogen (secondary N) is 1. The summed E-state index contributed by atoms with van der Waals surface area (Å²) in [5.41, 5.74) is 0.834. The number of hydrogen-bond donors (Lipinski definition) is 1. The number of anilines is 1. The highest BCUT2D eigenvalue weighted by molar-refractivity contribution is 7.80. The van der Waals surface area contributed by atoms with Crippen molar-refractivity contribution in [2.45, 2.75) is 26.3 Å². The van der Waals surface area contributed by atoms with Gasteiger partial charge in [-0.3, -0.25) is 9.69 Å². The monoisotopic (exact) mass is 248 g/mol. The van der Waals surface area contributed by atoms with Crippen LogP contribution in [-0.2, 0) is 4.79 Å². The Morgan fingerprint density at radius 1 is 1.41 bits per heavy atom. The summed E-state index contributed by atoms with van der Waals surface area (Å²) in [6.07, 6.45) is 0.953. The van der Waals surface area contributed by atoms with Gasteiger partial charge in [0.1, 0.15) is 6.04 Å². The first kappa shape index (κ1) is 12.0. The van der Waals surface area contributed by atoms with Crippen LogP contribution in [-0.4, -0.2) is 17.1 Å². The Morgan fingerprint density at radius 3 is 2.65 bits per heavy atom. The van der Waals surface area contributed by atoms with E-state index in [9.17, 15) is 4.79 Å². The van der Waals surface area contributed by atoms with E-state index in [0.717, 1.165) is 12.1 Å². The van der Waals surface area contributed by atoms with Crippen LogP contribution in [0.25, 0.3) is 0 Å². The number of thiocarbonyl (C=S) groups is 1. The molecular formula is C13H16N2OS. The zero-order valence-electron chi connectivity index (χ0n) is 10.0. The van der Waals surface area contributed by atoms with Crippen LogP contribution < -0.4 is 10.2 Å². The molecule has 1 heterocycles. The normalized spacial score (nSPS) is 21.5. The van der Waals surface area contributed by atoms with Crippen molar-refractivity contribution in [3.8, 4) is 0 Å². The Hall–Kier alpha value is -1.42. The van der Waals surface area contributed by atoms with Crippen molar-refractivity contribution < 1.29 is 4.79 Å². The Morgan fingerprint density at radius 2 is 2.06 bits per heavy atom. The molecule has 1 fully saturated rings. The van der Waals surface area contributed by atoms with Gasteiger partial charge in [-0.2, -0.15) is 0 Å². The van der Waals surface area contributed by atoms with Gasteiger partial charge in [0, 0.05) is 0 Å². The summed E-state index contributed by atoms with van der Waals surface area (Å²) in [4.78, 5) is 13.9. The molecule has 1 aromatic carbocycles. The lowest BCUT2D eigenvalue weighted by atomic mass is 9.99. The van der Waals surface area contributed by atoms with E-state index in [1.165, 1.54) is 0 Å². The molecule has 90 valence electrons. The van der Waals surface area contributed by atoms with Gasteiger partial charge in [0.05, 0.1) is 5.69 Å². The van der Waals surface area contributed by atoms with E-state index in [1.54, 1.807) is 4.90 Å². The Kier molecular flexibility index (Phi) is 3.43. The molecule has 0 saturated carbocycles. The fraction of sp³-hybridized carbons (Fsp3) is 0.385. The van der Waals surface area contributed by atoms with E-state index in [-0.39, 0.29) is 17.9 Å². The molecule has 1 saturated heterocycles. The Labute approximate surface area is 107 Å². The van der Waals surface area contributed by atoms with Gasteiger partial charge >= 0.3 is 0 Å². The number of hydrogen-bond acceptors (Lipinski definition) is 2. The maximum atomic E-state index is 12.3. The molecule has 0 aromatic heterocycles. The minimum Gasteiger partial charge on any atom is -0.350 e. The van der Waals surface area contributed by atoms with Gasteiger partial charge in [0.2, 0.25) is 0 Å². The number of carbonyl (C=O) groups excluding carboxylic acids is 1. The number of nitrogens with zero attached hydrogens (tertiary/aromatic N) is 1. The molecule has 3 nitrogen and oxygen atoms in total. The summed E-state index contributed by atoms with van der Waals surface area (Å²) in [7, 11) is 0. The molecule has 0 aliphatic carbocycles. The molecule has 0 unspecified atom stereocenters. The minimum absolute atomic E-state index is 0.0514. The van der Waals surface area contributed by atoms with Crippen molar-refractivity contribution in [1.29, 1.82) is 0 Å². The lowest BCUT2D eigenvalue weighted by Gasteiger charge is -2.16. The topological polar surface area (TPSA) is 32.3 Å². The first-order valence-electron chi connectivity index (χ1n) is 5.84. The second kappa shape index (κ2) is 4.84. The van der Waals surface area contributed by atoms with E-state index in [0.29, 0.717) is 5.11 Å². The summed E-state index contributed by atoms with van der Waals surface area (Å²) in [5.74, 6) is 0.338. The third-order valence-corrected chi connectivity index (χ3v) is 3.50. The SMILES string of the molecule is CC[C@@H](C)[C@@H]1NC(=S)N(c2ccccc2)C1=O. The number of carbonyl (C=O) groups is 1. The largest absolute Gasteiger partial charge is 0.350 e. The third-order valence-electron chi connectivity index (χ3n) is 3.20. The Bertz CT molecular complexity index is 432. The molecule has 1 amide bonds. The van der Waals surface area contributed by atoms with Gasteiger partial charge in [-0.25, -0.2) is 0 Å². The number of benzene rings is 1. The summed E-state index contributed by atoms with van der Waals surface area (Å²) in [6, 6.07) is 9.33. The van der Waals surface area contributed by atoms with Crippen molar-refractivity contribution in [2.24, 2.45) is 5.92 Å². The summed E-state index contributed by atoms with van der Waals surface area (Å²) < 4.78 is 0. The molecule has 1 aromatic rings. The van der Waals surface area contributed by atoms with Crippen molar-refractivity contribution in [2.75, 3.05) is 4.90 Å². The molecule has 2 atom stereocenters. The second-order valence-corrected chi connectivity index (χ2v) is 4.71. The molecule has 17 heavy (non-hydrogen) atoms. The van der Waals surface area contributed by atoms with Crippen LogP contribution in [0.15, 0.2) is 30.3 Å². The summed E-state index contributed by atoms with van der Waals surface area (Å²) in [6.45, 7) is 4.14. The van der Waals surface area contributed by atoms with Crippen LogP contribution in [0.3, 0.4) is 0 Å². The van der Waals surface area contributed by atoms with Crippen LogP contribution in [0.2, 0.25) is 0 Å². The second-order valence-electron chi connectivity index (χ2n) is 4.32. The number of rotatable bonds is 3. The summed E-state index contributed by atoms with van der Waals surface area (Å²) in [5, 5.41) is 3.62. The average molecular weight is 248 g/mol. The maximum absolute atomic E-state index is 12.3. The van der Waals surface area contributed by atoms with Crippen molar-refractivity contribution in [1.82, 2.24) is 5.32 Å². The van der Waals surface area contributed by atoms with Gasteiger partial charge in [-0.15, -0.1) is 0 Å². The zero-order valence-corrected chi connectivity index (χ0v) is 10.8. The van der Waals surface area contributed by atoms with Crippen LogP contribution in [0.5, 0.6) is 0 Å². The minimum atomic E-state index is -0.187. The highest BCUT2D eigenvalue weighted by Crippen LogP contribution is 2.23. The van der Waals surface area contributed by atoms with Crippen LogP contribution in [0.4, 0.5) is 5.69 Å². The predicted molar refractivity (Wildman–Crippen MR) is 72.9 cm³/mol. The van der Waals surface area contributed by atoms with Gasteiger partial charge in [0.15, 0.2) is 5.11 Å². The molecule has 1 N–H and O–H groups in total. The molecule has 1 aliphatic heterocycles. The average Bonchev–Trinajstić information content (AvgIpc) is 2.65. The number of amides is 1. The lowest BCUT2D eigenvalue weighted by Crippen LogP contribution is -2.35. The smallest absolute Gasteiger partial charge is 0.256 e. The maximum Gasteiger partial charge on any atom is 0.256 e.